The van der Waals surface area contributed by atoms with Gasteiger partial charge in [-0.1, -0.05) is 0 Å². The Morgan fingerprint density at radius 2 is 2.00 bits per heavy atom. The number of hydrogen-bond donors (Lipinski definition) is 1. The quantitative estimate of drug-likeness (QED) is 0.772. The van der Waals surface area contributed by atoms with Crippen molar-refractivity contribution in [3.05, 3.63) is 59.7 Å². The number of halogens is 1. The number of amides is 1. The highest BCUT2D eigenvalue weighted by Gasteiger charge is 2.32. The summed E-state index contributed by atoms with van der Waals surface area (Å²) >= 11 is 0. The molecule has 0 bridgehead atoms. The molecule has 5 nitrogen and oxygen atoms in total. The summed E-state index contributed by atoms with van der Waals surface area (Å²) in [5, 5.41) is 7.31. The van der Waals surface area contributed by atoms with Crippen molar-refractivity contribution >= 4 is 11.7 Å². The second-order valence-corrected chi connectivity index (χ2v) is 6.50. The van der Waals surface area contributed by atoms with Crippen molar-refractivity contribution in [1.82, 2.24) is 9.78 Å². The molecule has 3 aromatic rings. The van der Waals surface area contributed by atoms with Crippen LogP contribution in [0.3, 0.4) is 0 Å². The lowest BCUT2D eigenvalue weighted by atomic mass is 9.92. The molecule has 1 atom stereocenters. The Morgan fingerprint density at radius 1 is 1.24 bits per heavy atom. The van der Waals surface area contributed by atoms with Gasteiger partial charge >= 0.3 is 0 Å². The van der Waals surface area contributed by atoms with Crippen molar-refractivity contribution in [2.75, 3.05) is 5.32 Å². The minimum absolute atomic E-state index is 0.0559. The van der Waals surface area contributed by atoms with Crippen molar-refractivity contribution in [3.63, 3.8) is 0 Å². The maximum Gasteiger partial charge on any atom is 0.226 e. The number of fused-ring (bicyclic) bond motifs is 1. The first kappa shape index (κ1) is 15.6. The largest absolute Gasteiger partial charge is 0.460 e. The molecule has 1 aromatic carbocycles. The van der Waals surface area contributed by atoms with Crippen LogP contribution in [0, 0.1) is 5.82 Å². The third-order valence-corrected chi connectivity index (χ3v) is 4.43. The fourth-order valence-electron chi connectivity index (χ4n) is 3.19. The maximum atomic E-state index is 13.1. The van der Waals surface area contributed by atoms with E-state index in [4.69, 9.17) is 4.42 Å². The van der Waals surface area contributed by atoms with Gasteiger partial charge in [-0.2, -0.15) is 5.10 Å². The number of carbonyl (C=O) groups is 1. The average molecular weight is 339 g/mol. The van der Waals surface area contributed by atoms with Gasteiger partial charge in [0.25, 0.3) is 0 Å². The van der Waals surface area contributed by atoms with Crippen LogP contribution in [0.25, 0.3) is 11.3 Å². The molecule has 1 amide bonds. The zero-order valence-corrected chi connectivity index (χ0v) is 14.0. The van der Waals surface area contributed by atoms with Gasteiger partial charge in [-0.15, -0.1) is 0 Å². The smallest absolute Gasteiger partial charge is 0.226 e. The van der Waals surface area contributed by atoms with Gasteiger partial charge in [0.15, 0.2) is 0 Å². The van der Waals surface area contributed by atoms with E-state index in [2.05, 4.69) is 10.4 Å². The Balaban J connectivity index is 1.71. The normalized spacial score (nSPS) is 16.8. The molecular weight excluding hydrogens is 321 g/mol. The van der Waals surface area contributed by atoms with Gasteiger partial charge in [0.1, 0.15) is 23.2 Å². The number of nitrogens with one attached hydrogen (secondary N) is 1. The first-order valence-electron chi connectivity index (χ1n) is 8.26. The molecular formula is C19H18FN3O2. The summed E-state index contributed by atoms with van der Waals surface area (Å²) in [5.41, 5.74) is 1.75. The summed E-state index contributed by atoms with van der Waals surface area (Å²) < 4.78 is 20.9. The Bertz CT molecular complexity index is 925. The van der Waals surface area contributed by atoms with E-state index in [1.54, 1.807) is 18.3 Å². The van der Waals surface area contributed by atoms with Crippen LogP contribution in [-0.2, 0) is 4.79 Å². The molecule has 25 heavy (non-hydrogen) atoms. The first-order valence-corrected chi connectivity index (χ1v) is 8.26. The van der Waals surface area contributed by atoms with Crippen LogP contribution in [-0.4, -0.2) is 15.7 Å². The molecule has 2 aromatic heterocycles. The van der Waals surface area contributed by atoms with E-state index in [0.29, 0.717) is 17.9 Å². The molecule has 0 aliphatic carbocycles. The molecule has 128 valence electrons. The highest BCUT2D eigenvalue weighted by atomic mass is 19.1. The highest BCUT2D eigenvalue weighted by Crippen LogP contribution is 2.39. The van der Waals surface area contributed by atoms with Crippen LogP contribution in [0.2, 0.25) is 0 Å². The second-order valence-electron chi connectivity index (χ2n) is 6.50. The fourth-order valence-corrected chi connectivity index (χ4v) is 3.19. The van der Waals surface area contributed by atoms with Crippen molar-refractivity contribution in [2.24, 2.45) is 0 Å². The van der Waals surface area contributed by atoms with Crippen LogP contribution in [0.1, 0.15) is 43.6 Å². The van der Waals surface area contributed by atoms with Gasteiger partial charge in [-0.25, -0.2) is 9.07 Å². The van der Waals surface area contributed by atoms with Gasteiger partial charge in [-0.05, 0) is 50.2 Å². The highest BCUT2D eigenvalue weighted by molar-refractivity contribution is 5.94. The average Bonchev–Trinajstić information content (AvgIpc) is 3.21. The van der Waals surface area contributed by atoms with Gasteiger partial charge in [-0.3, -0.25) is 4.79 Å². The summed E-state index contributed by atoms with van der Waals surface area (Å²) in [4.78, 5) is 12.2. The minimum atomic E-state index is -0.287. The lowest BCUT2D eigenvalue weighted by Crippen LogP contribution is -2.25. The predicted octanol–water partition coefficient (Wildman–Crippen LogP) is 4.34. The number of furan rings is 1. The van der Waals surface area contributed by atoms with Gasteiger partial charge in [0, 0.05) is 23.6 Å². The summed E-state index contributed by atoms with van der Waals surface area (Å²) in [6.45, 7) is 4.03. The summed E-state index contributed by atoms with van der Waals surface area (Å²) in [7, 11) is 0. The number of rotatable bonds is 3. The third-order valence-electron chi connectivity index (χ3n) is 4.43. The van der Waals surface area contributed by atoms with Crippen LogP contribution >= 0.6 is 0 Å². The lowest BCUT2D eigenvalue weighted by molar-refractivity contribution is -0.116. The SMILES string of the molecule is CC(C)n1ncc2c1NC(=O)C[C@H]2c1ccc(-c2ccc(F)cc2)o1. The monoisotopic (exact) mass is 339 g/mol. The van der Waals surface area contributed by atoms with E-state index >= 15 is 0 Å². The van der Waals surface area contributed by atoms with Crippen molar-refractivity contribution in [3.8, 4) is 11.3 Å². The van der Waals surface area contributed by atoms with Gasteiger partial charge < -0.3 is 9.73 Å². The van der Waals surface area contributed by atoms with Gasteiger partial charge in [0.05, 0.1) is 12.1 Å². The molecule has 1 N–H and O–H groups in total. The predicted molar refractivity (Wildman–Crippen MR) is 91.8 cm³/mol. The maximum absolute atomic E-state index is 13.1. The molecule has 1 aliphatic rings. The molecule has 1 aliphatic heterocycles. The second kappa shape index (κ2) is 5.88. The molecule has 0 radical (unpaired) electrons. The van der Waals surface area contributed by atoms with Crippen molar-refractivity contribution in [1.29, 1.82) is 0 Å². The first-order chi connectivity index (χ1) is 12.0. The molecule has 0 spiro atoms. The summed E-state index contributed by atoms with van der Waals surface area (Å²) in [5.74, 6) is 1.57. The van der Waals surface area contributed by atoms with E-state index in [1.165, 1.54) is 12.1 Å². The number of aromatic nitrogens is 2. The van der Waals surface area contributed by atoms with Crippen molar-refractivity contribution < 1.29 is 13.6 Å². The number of benzene rings is 1. The molecule has 3 heterocycles. The Kier molecular flexibility index (Phi) is 3.67. The third kappa shape index (κ3) is 2.73. The Labute approximate surface area is 144 Å². The molecule has 0 saturated carbocycles. The van der Waals surface area contributed by atoms with E-state index in [0.717, 1.165) is 16.9 Å². The van der Waals surface area contributed by atoms with Gasteiger partial charge in [0.2, 0.25) is 5.91 Å². The molecule has 0 fully saturated rings. The van der Waals surface area contributed by atoms with E-state index in [9.17, 15) is 9.18 Å². The molecule has 0 saturated heterocycles. The van der Waals surface area contributed by atoms with Crippen LogP contribution in [0.4, 0.5) is 10.2 Å². The summed E-state index contributed by atoms with van der Waals surface area (Å²) in [6.07, 6.45) is 2.10. The molecule has 0 unspecified atom stereocenters. The number of hydrogen-bond acceptors (Lipinski definition) is 3. The lowest BCUT2D eigenvalue weighted by Gasteiger charge is -2.23. The topological polar surface area (TPSA) is 60.1 Å². The fraction of sp³-hybridized carbons (Fsp3) is 0.263. The van der Waals surface area contributed by atoms with Crippen LogP contribution in [0.15, 0.2) is 47.0 Å². The molecule has 4 rings (SSSR count). The number of anilines is 1. The standard InChI is InChI=1S/C19H18FN3O2/c1-11(2)23-19-15(10-21-23)14(9-18(24)22-19)17-8-7-16(25-17)12-3-5-13(20)6-4-12/h3-8,10-11,14H,9H2,1-2H3,(H,22,24)/t14-/m1/s1. The van der Waals surface area contributed by atoms with E-state index in [1.807, 2.05) is 30.7 Å². The van der Waals surface area contributed by atoms with Crippen LogP contribution in [0.5, 0.6) is 0 Å². The van der Waals surface area contributed by atoms with Crippen molar-refractivity contribution in [2.45, 2.75) is 32.2 Å². The zero-order chi connectivity index (χ0) is 17.6. The molecule has 6 heteroatoms. The number of carbonyl (C=O) groups excluding carboxylic acids is 1. The van der Waals surface area contributed by atoms with Crippen LogP contribution < -0.4 is 5.32 Å². The Hall–Kier alpha value is -2.89. The zero-order valence-electron chi connectivity index (χ0n) is 14.0. The Morgan fingerprint density at radius 3 is 2.72 bits per heavy atom. The summed E-state index contributed by atoms with van der Waals surface area (Å²) in [6, 6.07) is 10.0. The number of nitrogens with zero attached hydrogens (tertiary/aromatic N) is 2. The van der Waals surface area contributed by atoms with E-state index < -0.39 is 0 Å². The van der Waals surface area contributed by atoms with E-state index in [-0.39, 0.29) is 23.7 Å². The minimum Gasteiger partial charge on any atom is -0.460 e.